The van der Waals surface area contributed by atoms with Gasteiger partial charge in [-0.2, -0.15) is 10.2 Å². The lowest BCUT2D eigenvalue weighted by Crippen LogP contribution is -2.22. The van der Waals surface area contributed by atoms with E-state index in [2.05, 4.69) is 30.2 Å². The predicted octanol–water partition coefficient (Wildman–Crippen LogP) is 1.83. The van der Waals surface area contributed by atoms with Crippen molar-refractivity contribution in [2.45, 2.75) is 6.42 Å². The second-order valence-corrected chi connectivity index (χ2v) is 5.87. The van der Waals surface area contributed by atoms with Crippen molar-refractivity contribution in [1.82, 2.24) is 34.9 Å². The smallest absolute Gasteiger partial charge is 0.182 e. The van der Waals surface area contributed by atoms with Crippen molar-refractivity contribution in [1.29, 1.82) is 0 Å². The molecule has 0 aliphatic rings. The van der Waals surface area contributed by atoms with Gasteiger partial charge in [-0.05, 0) is 24.1 Å². The molecule has 8 nitrogen and oxygen atoms in total. The summed E-state index contributed by atoms with van der Waals surface area (Å²) < 4.78 is 1.76. The van der Waals surface area contributed by atoms with E-state index in [-0.39, 0.29) is 0 Å². The first-order chi connectivity index (χ1) is 12.2. The predicted molar refractivity (Wildman–Crippen MR) is 95.1 cm³/mol. The summed E-state index contributed by atoms with van der Waals surface area (Å²) in [6.07, 6.45) is 8.17. The van der Waals surface area contributed by atoms with Crippen LogP contribution in [0.25, 0.3) is 22.6 Å². The number of hydrogen-bond acceptors (Lipinski definition) is 6. The number of nitrogens with zero attached hydrogens (tertiary/aromatic N) is 7. The largest absolute Gasteiger partial charge is 0.359 e. The number of aromatic amines is 1. The maximum atomic E-state index is 4.76. The van der Waals surface area contributed by atoms with Gasteiger partial charge in [-0.25, -0.2) is 9.97 Å². The summed E-state index contributed by atoms with van der Waals surface area (Å²) in [5.74, 6) is 1.45. The molecular formula is C17H18N8. The topological polar surface area (TPSA) is 88.4 Å². The highest BCUT2D eigenvalue weighted by molar-refractivity contribution is 5.88. The van der Waals surface area contributed by atoms with E-state index in [9.17, 15) is 0 Å². The number of anilines is 1. The zero-order valence-electron chi connectivity index (χ0n) is 14.1. The van der Waals surface area contributed by atoms with Gasteiger partial charge in [-0.1, -0.05) is 6.07 Å². The number of hydrogen-bond donors (Lipinski definition) is 1. The molecule has 0 bridgehead atoms. The fraction of sp³-hybridized carbons (Fsp3) is 0.235. The highest BCUT2D eigenvalue weighted by Gasteiger charge is 2.16. The summed E-state index contributed by atoms with van der Waals surface area (Å²) in [6, 6.07) is 5.72. The number of H-pyrrole nitrogens is 1. The van der Waals surface area contributed by atoms with Crippen LogP contribution in [0.3, 0.4) is 0 Å². The van der Waals surface area contributed by atoms with Gasteiger partial charge in [0.25, 0.3) is 0 Å². The van der Waals surface area contributed by atoms with E-state index in [1.54, 1.807) is 17.1 Å². The molecule has 0 atom stereocenters. The molecule has 0 aliphatic carbocycles. The van der Waals surface area contributed by atoms with E-state index < -0.39 is 0 Å². The van der Waals surface area contributed by atoms with Crippen molar-refractivity contribution < 1.29 is 0 Å². The molecular weight excluding hydrogens is 316 g/mol. The molecule has 0 saturated heterocycles. The van der Waals surface area contributed by atoms with E-state index >= 15 is 0 Å². The number of nitrogens with one attached hydrogen (secondary N) is 1. The first kappa shape index (κ1) is 15.3. The molecule has 0 spiro atoms. The average Bonchev–Trinajstić information content (AvgIpc) is 3.30. The van der Waals surface area contributed by atoms with Gasteiger partial charge < -0.3 is 4.90 Å². The Labute approximate surface area is 144 Å². The van der Waals surface area contributed by atoms with Crippen molar-refractivity contribution in [3.8, 4) is 11.5 Å². The molecule has 0 aliphatic heterocycles. The molecule has 4 rings (SSSR count). The third-order valence-electron chi connectivity index (χ3n) is 4.12. The Hall–Kier alpha value is -3.29. The van der Waals surface area contributed by atoms with E-state index in [1.165, 1.54) is 0 Å². The van der Waals surface area contributed by atoms with Crippen LogP contribution in [0.5, 0.6) is 0 Å². The highest BCUT2D eigenvalue weighted by atomic mass is 15.3. The zero-order chi connectivity index (χ0) is 17.2. The third kappa shape index (κ3) is 2.93. The molecule has 0 amide bonds. The van der Waals surface area contributed by atoms with Gasteiger partial charge >= 0.3 is 0 Å². The lowest BCUT2D eigenvalue weighted by Gasteiger charge is -2.19. The summed E-state index contributed by atoms with van der Waals surface area (Å²) in [5.41, 5.74) is 2.70. The number of fused-ring (bicyclic) bond motifs is 1. The van der Waals surface area contributed by atoms with Crippen LogP contribution in [0.2, 0.25) is 0 Å². The highest BCUT2D eigenvalue weighted by Crippen LogP contribution is 2.26. The van der Waals surface area contributed by atoms with Gasteiger partial charge in [0.15, 0.2) is 11.5 Å². The van der Waals surface area contributed by atoms with E-state index in [0.29, 0.717) is 5.82 Å². The Bertz CT molecular complexity index is 975. The average molecular weight is 334 g/mol. The van der Waals surface area contributed by atoms with Crippen molar-refractivity contribution >= 4 is 16.9 Å². The molecule has 0 radical (unpaired) electrons. The molecule has 126 valence electrons. The normalized spacial score (nSPS) is 11.1. The SMILES string of the molecule is CN(CCc1cn[nH]c1)c1nc(-c2ccccn2)nc2c1cnn2C. The number of likely N-dealkylation sites (N-methyl/N-ethyl adjacent to an activating group) is 1. The number of rotatable bonds is 5. The van der Waals surface area contributed by atoms with Crippen LogP contribution in [-0.4, -0.2) is 48.5 Å². The van der Waals surface area contributed by atoms with Crippen LogP contribution in [0.15, 0.2) is 43.0 Å². The van der Waals surface area contributed by atoms with Gasteiger partial charge in [0, 0.05) is 33.0 Å². The lowest BCUT2D eigenvalue weighted by atomic mass is 10.2. The Morgan fingerprint density at radius 3 is 2.88 bits per heavy atom. The van der Waals surface area contributed by atoms with Gasteiger partial charge in [-0.3, -0.25) is 14.8 Å². The van der Waals surface area contributed by atoms with Crippen LogP contribution in [-0.2, 0) is 13.5 Å². The summed E-state index contributed by atoms with van der Waals surface area (Å²) in [4.78, 5) is 15.9. The molecule has 1 N–H and O–H groups in total. The first-order valence-electron chi connectivity index (χ1n) is 8.02. The number of pyridine rings is 1. The van der Waals surface area contributed by atoms with E-state index in [4.69, 9.17) is 4.98 Å². The Balaban J connectivity index is 1.73. The summed E-state index contributed by atoms with van der Waals surface area (Å²) >= 11 is 0. The van der Waals surface area contributed by atoms with Crippen molar-refractivity contribution in [2.75, 3.05) is 18.5 Å². The Morgan fingerprint density at radius 2 is 2.12 bits per heavy atom. The van der Waals surface area contributed by atoms with Crippen molar-refractivity contribution in [3.63, 3.8) is 0 Å². The van der Waals surface area contributed by atoms with Gasteiger partial charge in [0.2, 0.25) is 0 Å². The van der Waals surface area contributed by atoms with Gasteiger partial charge in [0.05, 0.1) is 17.8 Å². The molecule has 0 fully saturated rings. The zero-order valence-corrected chi connectivity index (χ0v) is 14.1. The molecule has 4 heterocycles. The Kier molecular flexibility index (Phi) is 3.85. The van der Waals surface area contributed by atoms with Crippen LogP contribution < -0.4 is 4.90 Å². The maximum absolute atomic E-state index is 4.76. The summed E-state index contributed by atoms with van der Waals surface area (Å²) in [7, 11) is 3.91. The second kappa shape index (κ2) is 6.31. The molecule has 25 heavy (non-hydrogen) atoms. The Morgan fingerprint density at radius 1 is 1.20 bits per heavy atom. The molecule has 0 aromatic carbocycles. The number of aryl methyl sites for hydroxylation is 1. The third-order valence-corrected chi connectivity index (χ3v) is 4.12. The first-order valence-corrected chi connectivity index (χ1v) is 8.02. The minimum Gasteiger partial charge on any atom is -0.359 e. The summed E-state index contributed by atoms with van der Waals surface area (Å²) in [6.45, 7) is 0.808. The quantitative estimate of drug-likeness (QED) is 0.599. The molecule has 8 heteroatoms. The molecule has 0 unspecified atom stereocenters. The van der Waals surface area contributed by atoms with Gasteiger partial charge in [0.1, 0.15) is 11.5 Å². The maximum Gasteiger partial charge on any atom is 0.182 e. The lowest BCUT2D eigenvalue weighted by molar-refractivity contribution is 0.785. The van der Waals surface area contributed by atoms with Gasteiger partial charge in [-0.15, -0.1) is 0 Å². The van der Waals surface area contributed by atoms with Crippen molar-refractivity contribution in [3.05, 3.63) is 48.5 Å². The molecule has 4 aromatic heterocycles. The van der Waals surface area contributed by atoms with Crippen LogP contribution in [0.4, 0.5) is 5.82 Å². The fourth-order valence-electron chi connectivity index (χ4n) is 2.72. The second-order valence-electron chi connectivity index (χ2n) is 5.87. The van der Waals surface area contributed by atoms with Crippen molar-refractivity contribution in [2.24, 2.45) is 7.05 Å². The number of aromatic nitrogens is 7. The standard InChI is InChI=1S/C17H18N8/c1-24(8-6-12-9-19-20-10-12)16-13-11-21-25(2)17(13)23-15(22-16)14-5-3-4-7-18-14/h3-5,7,9-11H,6,8H2,1-2H3,(H,19,20). The van der Waals surface area contributed by atoms with Crippen LogP contribution >= 0.6 is 0 Å². The van der Waals surface area contributed by atoms with E-state index in [0.717, 1.165) is 41.1 Å². The molecule has 0 saturated carbocycles. The minimum atomic E-state index is 0.599. The fourth-order valence-corrected chi connectivity index (χ4v) is 2.72. The molecule has 4 aromatic rings. The van der Waals surface area contributed by atoms with E-state index in [1.807, 2.05) is 44.7 Å². The monoisotopic (exact) mass is 334 g/mol. The minimum absolute atomic E-state index is 0.599. The summed E-state index contributed by atoms with van der Waals surface area (Å²) in [5, 5.41) is 12.1. The van der Waals surface area contributed by atoms with Crippen LogP contribution in [0, 0.1) is 0 Å². The van der Waals surface area contributed by atoms with Crippen LogP contribution in [0.1, 0.15) is 5.56 Å².